The third kappa shape index (κ3) is 3.74. The van der Waals surface area contributed by atoms with Gasteiger partial charge in [0.15, 0.2) is 0 Å². The van der Waals surface area contributed by atoms with Crippen LogP contribution in [0.4, 0.5) is 9.18 Å². The minimum absolute atomic E-state index is 0.257. The fourth-order valence-electron chi connectivity index (χ4n) is 5.02. The molecule has 2 bridgehead atoms. The van der Waals surface area contributed by atoms with E-state index in [2.05, 4.69) is 17.1 Å². The Morgan fingerprint density at radius 3 is 2.57 bits per heavy atom. The Morgan fingerprint density at radius 1 is 1.17 bits per heavy atom. The van der Waals surface area contributed by atoms with E-state index in [9.17, 15) is 9.18 Å². The fraction of sp³-hybridized carbons (Fsp3) is 0.391. The number of ether oxygens (including phenoxy) is 1. The topological polar surface area (TPSA) is 68.5 Å². The van der Waals surface area contributed by atoms with E-state index in [4.69, 9.17) is 10.5 Å². The number of carbonyl (C=O) groups excluding carboxylic acids is 1. The smallest absolute Gasteiger partial charge is 0.315 e. The number of piperidine rings is 1. The molecule has 5 rings (SSSR count). The monoisotopic (exact) mass is 425 g/mol. The molecular formula is C23H24FN3O2S. The van der Waals surface area contributed by atoms with Gasteiger partial charge < -0.3 is 15.4 Å². The van der Waals surface area contributed by atoms with Crippen molar-refractivity contribution in [2.45, 2.75) is 50.6 Å². The second kappa shape index (κ2) is 7.87. The molecule has 3 heterocycles. The molecule has 2 amide bonds. The van der Waals surface area contributed by atoms with Crippen molar-refractivity contribution in [1.29, 1.82) is 0 Å². The molecule has 30 heavy (non-hydrogen) atoms. The van der Waals surface area contributed by atoms with Gasteiger partial charge in [-0.1, -0.05) is 29.5 Å². The number of hydrogen-bond acceptors (Lipinski definition) is 4. The lowest BCUT2D eigenvalue weighted by atomic mass is 9.86. The highest BCUT2D eigenvalue weighted by molar-refractivity contribution is 7.20. The van der Waals surface area contributed by atoms with Gasteiger partial charge in [-0.05, 0) is 74.3 Å². The first-order chi connectivity index (χ1) is 14.6. The van der Waals surface area contributed by atoms with E-state index < -0.39 is 0 Å². The number of thiazole rings is 1. The Balaban J connectivity index is 1.18. The molecule has 2 aliphatic rings. The first-order valence-corrected chi connectivity index (χ1v) is 11.3. The third-order valence-electron chi connectivity index (χ3n) is 6.40. The van der Waals surface area contributed by atoms with Gasteiger partial charge in [0.1, 0.15) is 11.6 Å². The molecule has 5 nitrogen and oxygen atoms in total. The number of halogens is 1. The van der Waals surface area contributed by atoms with Crippen LogP contribution in [-0.2, 0) is 6.42 Å². The summed E-state index contributed by atoms with van der Waals surface area (Å²) >= 11 is 1.22. The Labute approximate surface area is 178 Å². The van der Waals surface area contributed by atoms with Crippen molar-refractivity contribution in [3.8, 4) is 10.9 Å². The summed E-state index contributed by atoms with van der Waals surface area (Å²) in [4.78, 5) is 17.9. The first-order valence-electron chi connectivity index (χ1n) is 10.5. The van der Waals surface area contributed by atoms with E-state index in [1.807, 2.05) is 17.0 Å². The number of nitrogens with zero attached hydrogens (tertiary/aromatic N) is 2. The van der Waals surface area contributed by atoms with Crippen LogP contribution in [0.2, 0.25) is 0 Å². The fourth-order valence-corrected chi connectivity index (χ4v) is 5.86. The number of aromatic nitrogens is 1. The Bertz CT molecular complexity index is 1050. The number of nitrogens with two attached hydrogens (primary N) is 1. The number of primary amides is 1. The lowest BCUT2D eigenvalue weighted by Gasteiger charge is -2.38. The van der Waals surface area contributed by atoms with E-state index in [1.165, 1.54) is 23.0 Å². The number of aryl methyl sites for hydroxylation is 1. The standard InChI is InChI=1S/C23H24FN3O2S/c24-19-2-1-3-20-21(19)30-23(26-20)29-18-10-6-14(7-11-18)4-5-15-12-16-8-9-17(13-15)27(16)22(25)28/h1-3,6-7,10-11,15-17H,4-5,8-9,12-13H2,(H2,25,28)/t15?,16-,17+. The van der Waals surface area contributed by atoms with E-state index in [1.54, 1.807) is 12.1 Å². The number of benzene rings is 2. The summed E-state index contributed by atoms with van der Waals surface area (Å²) in [5, 5.41) is 0.444. The molecule has 0 spiro atoms. The highest BCUT2D eigenvalue weighted by Crippen LogP contribution is 2.40. The van der Waals surface area contributed by atoms with E-state index >= 15 is 0 Å². The van der Waals surface area contributed by atoms with Gasteiger partial charge in [-0.3, -0.25) is 0 Å². The summed E-state index contributed by atoms with van der Waals surface area (Å²) in [5.41, 5.74) is 7.43. The van der Waals surface area contributed by atoms with Crippen LogP contribution in [0.1, 0.15) is 37.7 Å². The quantitative estimate of drug-likeness (QED) is 0.588. The summed E-state index contributed by atoms with van der Waals surface area (Å²) in [6.07, 6.45) is 6.44. The van der Waals surface area contributed by atoms with Crippen LogP contribution >= 0.6 is 11.3 Å². The summed E-state index contributed by atoms with van der Waals surface area (Å²) in [5.74, 6) is 1.07. The number of rotatable bonds is 5. The van der Waals surface area contributed by atoms with Gasteiger partial charge in [0.2, 0.25) is 0 Å². The number of fused-ring (bicyclic) bond motifs is 3. The van der Waals surface area contributed by atoms with Gasteiger partial charge >= 0.3 is 6.03 Å². The Morgan fingerprint density at radius 2 is 1.90 bits per heavy atom. The highest BCUT2D eigenvalue weighted by Gasteiger charge is 2.42. The van der Waals surface area contributed by atoms with Gasteiger partial charge in [0.25, 0.3) is 5.19 Å². The average Bonchev–Trinajstić information content (AvgIpc) is 3.26. The van der Waals surface area contributed by atoms with Crippen molar-refractivity contribution < 1.29 is 13.9 Å². The predicted molar refractivity (Wildman–Crippen MR) is 115 cm³/mol. The Hall–Kier alpha value is -2.67. The summed E-state index contributed by atoms with van der Waals surface area (Å²) in [7, 11) is 0. The van der Waals surface area contributed by atoms with Crippen LogP contribution in [0.3, 0.4) is 0 Å². The van der Waals surface area contributed by atoms with Crippen molar-refractivity contribution >= 4 is 27.6 Å². The molecule has 2 saturated heterocycles. The van der Waals surface area contributed by atoms with E-state index in [-0.39, 0.29) is 11.8 Å². The van der Waals surface area contributed by atoms with Gasteiger partial charge in [-0.2, -0.15) is 0 Å². The molecule has 0 saturated carbocycles. The lowest BCUT2D eigenvalue weighted by molar-refractivity contribution is 0.125. The molecule has 7 heteroatoms. The molecule has 1 aromatic heterocycles. The maximum Gasteiger partial charge on any atom is 0.315 e. The van der Waals surface area contributed by atoms with E-state index in [0.29, 0.717) is 39.2 Å². The van der Waals surface area contributed by atoms with Crippen molar-refractivity contribution in [2.24, 2.45) is 11.7 Å². The second-order valence-electron chi connectivity index (χ2n) is 8.32. The van der Waals surface area contributed by atoms with E-state index in [0.717, 1.165) is 38.5 Å². The second-order valence-corrected chi connectivity index (χ2v) is 9.28. The molecule has 0 radical (unpaired) electrons. The molecule has 2 aliphatic heterocycles. The molecular weight excluding hydrogens is 401 g/mol. The first kappa shape index (κ1) is 19.3. The van der Waals surface area contributed by atoms with Crippen molar-refractivity contribution in [3.05, 3.63) is 53.8 Å². The van der Waals surface area contributed by atoms with Crippen LogP contribution in [0.15, 0.2) is 42.5 Å². The zero-order chi connectivity index (χ0) is 20.7. The molecule has 0 aliphatic carbocycles. The molecule has 2 fully saturated rings. The highest BCUT2D eigenvalue weighted by atomic mass is 32.1. The summed E-state index contributed by atoms with van der Waals surface area (Å²) in [6, 6.07) is 13.3. The number of carbonyl (C=O) groups is 1. The van der Waals surface area contributed by atoms with Gasteiger partial charge in [0.05, 0.1) is 10.2 Å². The number of amides is 2. The zero-order valence-corrected chi connectivity index (χ0v) is 17.4. The lowest BCUT2D eigenvalue weighted by Crippen LogP contribution is -2.49. The van der Waals surface area contributed by atoms with Crippen molar-refractivity contribution in [2.75, 3.05) is 0 Å². The van der Waals surface area contributed by atoms with Crippen molar-refractivity contribution in [3.63, 3.8) is 0 Å². The summed E-state index contributed by atoms with van der Waals surface area (Å²) < 4.78 is 20.2. The van der Waals surface area contributed by atoms with Crippen LogP contribution in [0.25, 0.3) is 10.2 Å². The number of hydrogen-bond donors (Lipinski definition) is 1. The number of urea groups is 1. The normalized spacial score (nSPS) is 23.1. The minimum Gasteiger partial charge on any atom is -0.431 e. The van der Waals surface area contributed by atoms with Gasteiger partial charge in [-0.15, -0.1) is 0 Å². The van der Waals surface area contributed by atoms with Crippen molar-refractivity contribution in [1.82, 2.24) is 9.88 Å². The molecule has 1 unspecified atom stereocenters. The third-order valence-corrected chi connectivity index (χ3v) is 7.36. The maximum absolute atomic E-state index is 13.8. The maximum atomic E-state index is 13.8. The SMILES string of the molecule is NC(=O)N1[C@@H]2CC[C@H]1CC(CCc1ccc(Oc3nc4cccc(F)c4s3)cc1)C2. The molecule has 2 N–H and O–H groups in total. The van der Waals surface area contributed by atoms with Gasteiger partial charge in [0, 0.05) is 12.1 Å². The van der Waals surface area contributed by atoms with Crippen LogP contribution in [0, 0.1) is 11.7 Å². The largest absolute Gasteiger partial charge is 0.431 e. The summed E-state index contributed by atoms with van der Waals surface area (Å²) in [6.45, 7) is 0. The predicted octanol–water partition coefficient (Wildman–Crippen LogP) is 5.48. The zero-order valence-electron chi connectivity index (χ0n) is 16.6. The molecule has 156 valence electrons. The average molecular weight is 426 g/mol. The Kier molecular flexibility index (Phi) is 5.06. The molecule has 3 atom stereocenters. The van der Waals surface area contributed by atoms with Crippen LogP contribution < -0.4 is 10.5 Å². The molecule has 2 aromatic carbocycles. The molecule has 3 aromatic rings. The minimum atomic E-state index is -0.273. The van der Waals surface area contributed by atoms with Gasteiger partial charge in [-0.25, -0.2) is 14.2 Å². The van der Waals surface area contributed by atoms with Crippen LogP contribution in [-0.4, -0.2) is 28.0 Å². The van der Waals surface area contributed by atoms with Crippen LogP contribution in [0.5, 0.6) is 10.9 Å².